The normalized spacial score (nSPS) is 10.8. The van der Waals surface area contributed by atoms with E-state index in [9.17, 15) is 26.8 Å². The maximum absolute atomic E-state index is 13.3. The molecule has 0 aliphatic carbocycles. The minimum Gasteiger partial charge on any atom is -0.334 e. The van der Waals surface area contributed by atoms with Crippen LogP contribution >= 0.6 is 0 Å². The summed E-state index contributed by atoms with van der Waals surface area (Å²) in [6.07, 6.45) is 0. The number of halogens is 2. The molecule has 3 rings (SSSR count). The molecule has 0 aromatic heterocycles. The Morgan fingerprint density at radius 2 is 1.45 bits per heavy atom. The molecule has 0 heterocycles. The van der Waals surface area contributed by atoms with Crippen molar-refractivity contribution in [2.24, 2.45) is 0 Å². The lowest BCUT2D eigenvalue weighted by Gasteiger charge is -2.11. The van der Waals surface area contributed by atoms with Crippen LogP contribution < -0.4 is 20.7 Å². The van der Waals surface area contributed by atoms with Crippen LogP contribution in [0.1, 0.15) is 5.56 Å². The summed E-state index contributed by atoms with van der Waals surface area (Å²) in [5.41, 5.74) is 1.43. The van der Waals surface area contributed by atoms with Gasteiger partial charge in [-0.3, -0.25) is 9.52 Å². The van der Waals surface area contributed by atoms with Crippen LogP contribution in [0.25, 0.3) is 0 Å². The van der Waals surface area contributed by atoms with Crippen molar-refractivity contribution in [2.45, 2.75) is 11.4 Å². The van der Waals surface area contributed by atoms with Crippen molar-refractivity contribution in [3.8, 4) is 0 Å². The third-order valence-corrected chi connectivity index (χ3v) is 5.71. The van der Waals surface area contributed by atoms with E-state index in [1.807, 2.05) is 30.3 Å². The minimum atomic E-state index is -4.13. The molecule has 0 saturated heterocycles. The molecule has 3 aromatic rings. The van der Waals surface area contributed by atoms with Gasteiger partial charge in [0.15, 0.2) is 11.6 Å². The van der Waals surface area contributed by atoms with Gasteiger partial charge < -0.3 is 16.0 Å². The number of carbonyl (C=O) groups excluding carboxylic acids is 2. The Balaban J connectivity index is 1.48. The minimum absolute atomic E-state index is 0.149. The molecule has 0 bridgehead atoms. The molecule has 3 amide bonds. The zero-order chi connectivity index (χ0) is 23.8. The van der Waals surface area contributed by atoms with E-state index in [0.29, 0.717) is 18.3 Å². The van der Waals surface area contributed by atoms with E-state index < -0.39 is 38.5 Å². The number of urea groups is 1. The van der Waals surface area contributed by atoms with Gasteiger partial charge in [-0.25, -0.2) is 22.0 Å². The summed E-state index contributed by atoms with van der Waals surface area (Å²) in [5.74, 6) is -2.92. The molecule has 0 aliphatic rings. The van der Waals surface area contributed by atoms with E-state index in [1.54, 1.807) is 0 Å². The smallest absolute Gasteiger partial charge is 0.315 e. The fraction of sp³-hybridized carbons (Fsp3) is 0.0909. The number of rotatable bonds is 8. The first-order valence-electron chi connectivity index (χ1n) is 9.66. The molecule has 8 nitrogen and oxygen atoms in total. The number of carbonyl (C=O) groups is 2. The van der Waals surface area contributed by atoms with Gasteiger partial charge in [0.2, 0.25) is 5.91 Å². The second kappa shape index (κ2) is 10.6. The van der Waals surface area contributed by atoms with E-state index in [-0.39, 0.29) is 12.2 Å². The third-order valence-electron chi connectivity index (χ3n) is 4.33. The highest BCUT2D eigenvalue weighted by Crippen LogP contribution is 2.20. The van der Waals surface area contributed by atoms with Crippen molar-refractivity contribution in [2.75, 3.05) is 16.6 Å². The summed E-state index contributed by atoms with van der Waals surface area (Å²) < 4.78 is 53.2. The number of anilines is 2. The van der Waals surface area contributed by atoms with Crippen molar-refractivity contribution >= 4 is 33.3 Å². The highest BCUT2D eigenvalue weighted by molar-refractivity contribution is 7.92. The summed E-state index contributed by atoms with van der Waals surface area (Å²) in [4.78, 5) is 23.4. The van der Waals surface area contributed by atoms with Gasteiger partial charge in [0.05, 0.1) is 11.4 Å². The van der Waals surface area contributed by atoms with E-state index in [4.69, 9.17) is 0 Å². The predicted molar refractivity (Wildman–Crippen MR) is 119 cm³/mol. The molecule has 0 fully saturated rings. The maximum Gasteiger partial charge on any atom is 0.315 e. The second-order valence-electron chi connectivity index (χ2n) is 6.83. The molecule has 0 atom stereocenters. The quantitative estimate of drug-likeness (QED) is 0.401. The van der Waals surface area contributed by atoms with E-state index >= 15 is 0 Å². The lowest BCUT2D eigenvalue weighted by Crippen LogP contribution is -2.39. The third kappa shape index (κ3) is 7.01. The van der Waals surface area contributed by atoms with Crippen molar-refractivity contribution < 1.29 is 26.8 Å². The average Bonchev–Trinajstić information content (AvgIpc) is 2.80. The monoisotopic (exact) mass is 474 g/mol. The highest BCUT2D eigenvalue weighted by atomic mass is 32.2. The van der Waals surface area contributed by atoms with Gasteiger partial charge in [0.25, 0.3) is 10.0 Å². The van der Waals surface area contributed by atoms with Gasteiger partial charge in [-0.1, -0.05) is 30.3 Å². The molecule has 0 unspecified atom stereocenters. The molecule has 3 aromatic carbocycles. The number of hydrogen-bond donors (Lipinski definition) is 4. The Kier molecular flexibility index (Phi) is 7.57. The van der Waals surface area contributed by atoms with E-state index in [1.165, 1.54) is 24.3 Å². The van der Waals surface area contributed by atoms with Gasteiger partial charge in [0.1, 0.15) is 0 Å². The van der Waals surface area contributed by atoms with Gasteiger partial charge in [0, 0.05) is 17.9 Å². The van der Waals surface area contributed by atoms with Crippen LogP contribution in [0, 0.1) is 11.6 Å². The molecule has 11 heteroatoms. The molecule has 0 spiro atoms. The van der Waals surface area contributed by atoms with Gasteiger partial charge in [-0.2, -0.15) is 0 Å². The topological polar surface area (TPSA) is 116 Å². The highest BCUT2D eigenvalue weighted by Gasteiger charge is 2.17. The fourth-order valence-corrected chi connectivity index (χ4v) is 3.76. The van der Waals surface area contributed by atoms with Crippen LogP contribution in [-0.4, -0.2) is 26.9 Å². The van der Waals surface area contributed by atoms with Gasteiger partial charge >= 0.3 is 6.03 Å². The van der Waals surface area contributed by atoms with Crippen molar-refractivity contribution in [1.82, 2.24) is 10.6 Å². The zero-order valence-corrected chi connectivity index (χ0v) is 18.0. The largest absolute Gasteiger partial charge is 0.334 e. The molecule has 0 radical (unpaired) electrons. The maximum atomic E-state index is 13.3. The number of benzene rings is 3. The van der Waals surface area contributed by atoms with Crippen LogP contribution in [-0.2, 0) is 21.4 Å². The summed E-state index contributed by atoms with van der Waals surface area (Å²) in [6.45, 7) is 0.0430. The second-order valence-corrected chi connectivity index (χ2v) is 8.51. The van der Waals surface area contributed by atoms with Crippen LogP contribution in [0.15, 0.2) is 77.7 Å². The molecule has 4 N–H and O–H groups in total. The van der Waals surface area contributed by atoms with Crippen LogP contribution in [0.5, 0.6) is 0 Å². The van der Waals surface area contributed by atoms with Crippen LogP contribution in [0.3, 0.4) is 0 Å². The standard InChI is InChI=1S/C22H20F2N4O4S/c23-19-11-10-18(12-20(19)24)33(31,32)28-17-8-6-16(7-9-17)27-21(29)14-26-22(30)25-13-15-4-2-1-3-5-15/h1-12,28H,13-14H2,(H,27,29)(H2,25,26,30). The molecule has 0 aliphatic heterocycles. The molecule has 172 valence electrons. The lowest BCUT2D eigenvalue weighted by molar-refractivity contribution is -0.115. The van der Waals surface area contributed by atoms with Gasteiger partial charge in [-0.05, 0) is 48.0 Å². The molecular weight excluding hydrogens is 454 g/mol. The Hall–Kier alpha value is -3.99. The van der Waals surface area contributed by atoms with Crippen molar-refractivity contribution in [3.05, 3.63) is 90.0 Å². The molecule has 0 saturated carbocycles. The fourth-order valence-electron chi connectivity index (χ4n) is 2.69. The first-order valence-corrected chi connectivity index (χ1v) is 11.1. The Morgan fingerprint density at radius 3 is 2.12 bits per heavy atom. The van der Waals surface area contributed by atoms with E-state index in [2.05, 4.69) is 20.7 Å². The molecule has 33 heavy (non-hydrogen) atoms. The Morgan fingerprint density at radius 1 is 0.788 bits per heavy atom. The first-order chi connectivity index (χ1) is 15.7. The van der Waals surface area contributed by atoms with Crippen molar-refractivity contribution in [1.29, 1.82) is 0 Å². The average molecular weight is 474 g/mol. The Labute approximate surface area is 189 Å². The summed E-state index contributed by atoms with van der Waals surface area (Å²) in [7, 11) is -4.13. The van der Waals surface area contributed by atoms with Crippen LogP contribution in [0.2, 0.25) is 0 Å². The molecular formula is C22H20F2N4O4S. The zero-order valence-electron chi connectivity index (χ0n) is 17.1. The van der Waals surface area contributed by atoms with Crippen molar-refractivity contribution in [3.63, 3.8) is 0 Å². The summed E-state index contributed by atoms with van der Waals surface area (Å²) in [6, 6.07) is 16.7. The van der Waals surface area contributed by atoms with Crippen LogP contribution in [0.4, 0.5) is 25.0 Å². The lowest BCUT2D eigenvalue weighted by atomic mass is 10.2. The number of sulfonamides is 1. The SMILES string of the molecule is O=C(CNC(=O)NCc1ccccc1)Nc1ccc(NS(=O)(=O)c2ccc(F)c(F)c2)cc1. The van der Waals surface area contributed by atoms with Gasteiger partial charge in [-0.15, -0.1) is 0 Å². The summed E-state index contributed by atoms with van der Waals surface area (Å²) in [5, 5.41) is 7.62. The van der Waals surface area contributed by atoms with E-state index in [0.717, 1.165) is 17.7 Å². The number of hydrogen-bond acceptors (Lipinski definition) is 4. The number of amides is 3. The predicted octanol–water partition coefficient (Wildman–Crippen LogP) is 3.20. The Bertz CT molecular complexity index is 1240. The first kappa shape index (κ1) is 23.7. The number of nitrogens with one attached hydrogen (secondary N) is 4. The summed E-state index contributed by atoms with van der Waals surface area (Å²) >= 11 is 0.